The van der Waals surface area contributed by atoms with E-state index in [-0.39, 0.29) is 5.92 Å². The highest BCUT2D eigenvalue weighted by molar-refractivity contribution is 7.81. The molecule has 1 heterocycles. The number of thiocarbonyl (C=S) groups is 1. The summed E-state index contributed by atoms with van der Waals surface area (Å²) in [5.74, 6) is -1.59. The zero-order valence-corrected chi connectivity index (χ0v) is 19.1. The molecule has 4 N–H and O–H groups in total. The number of allylic oxidation sites excluding steroid dienone is 4. The largest absolute Gasteiger partial charge is 0.372 e. The molecule has 1 aliphatic heterocycles. The number of rotatable bonds is 7. The lowest BCUT2D eigenvalue weighted by molar-refractivity contribution is -0.114. The standard InChI is InChI=1S/C25H29F2N3OS/c1-2-3-4-16-5-8-21(24(28)31)23(32)25(16,12-19-13-29-14-30-19)17-6-7-20-15(9-17)10-18(26)11-22(20)27/h5,8,10-11,13,17,29-30H,2-4,6-7,9,12,14H2,1H3,(H2,28,31). The van der Waals surface area contributed by atoms with E-state index in [9.17, 15) is 13.6 Å². The molecule has 0 saturated carbocycles. The van der Waals surface area contributed by atoms with Crippen molar-refractivity contribution in [3.05, 3.63) is 70.1 Å². The Morgan fingerprint density at radius 2 is 2.12 bits per heavy atom. The number of unbranched alkanes of at least 4 members (excludes halogenated alkanes) is 1. The summed E-state index contributed by atoms with van der Waals surface area (Å²) in [7, 11) is 0. The van der Waals surface area contributed by atoms with Gasteiger partial charge in [0.1, 0.15) is 11.6 Å². The van der Waals surface area contributed by atoms with Crippen molar-refractivity contribution in [2.75, 3.05) is 6.67 Å². The van der Waals surface area contributed by atoms with Crippen LogP contribution in [0.5, 0.6) is 0 Å². The Morgan fingerprint density at radius 1 is 1.31 bits per heavy atom. The highest BCUT2D eigenvalue weighted by atomic mass is 32.1. The highest BCUT2D eigenvalue weighted by Crippen LogP contribution is 2.52. The first-order chi connectivity index (χ1) is 15.4. The van der Waals surface area contributed by atoms with Gasteiger partial charge in [-0.15, -0.1) is 0 Å². The third kappa shape index (κ3) is 3.98. The van der Waals surface area contributed by atoms with Crippen molar-refractivity contribution in [1.29, 1.82) is 0 Å². The summed E-state index contributed by atoms with van der Waals surface area (Å²) >= 11 is 6.00. The van der Waals surface area contributed by atoms with Gasteiger partial charge in [0.05, 0.1) is 12.2 Å². The predicted molar refractivity (Wildman–Crippen MR) is 126 cm³/mol. The molecule has 3 aliphatic rings. The third-order valence-corrected chi connectivity index (χ3v) is 7.65. The van der Waals surface area contributed by atoms with Crippen molar-refractivity contribution in [3.8, 4) is 0 Å². The van der Waals surface area contributed by atoms with E-state index in [2.05, 4.69) is 17.6 Å². The Balaban J connectivity index is 1.82. The number of nitrogens with one attached hydrogen (secondary N) is 2. The van der Waals surface area contributed by atoms with Crippen LogP contribution in [0, 0.1) is 23.0 Å². The van der Waals surface area contributed by atoms with Crippen LogP contribution in [0.15, 0.2) is 47.3 Å². The fourth-order valence-corrected chi connectivity index (χ4v) is 6.02. The van der Waals surface area contributed by atoms with Crippen LogP contribution in [0.3, 0.4) is 0 Å². The molecule has 4 rings (SSSR count). The lowest BCUT2D eigenvalue weighted by atomic mass is 9.57. The fraction of sp³-hybridized carbons (Fsp3) is 0.440. The number of fused-ring (bicyclic) bond motifs is 1. The Morgan fingerprint density at radius 3 is 2.81 bits per heavy atom. The van der Waals surface area contributed by atoms with Gasteiger partial charge in [-0.1, -0.05) is 37.2 Å². The van der Waals surface area contributed by atoms with Crippen molar-refractivity contribution in [2.45, 2.75) is 51.9 Å². The Kier molecular flexibility index (Phi) is 6.47. The van der Waals surface area contributed by atoms with Crippen LogP contribution in [0.4, 0.5) is 8.78 Å². The van der Waals surface area contributed by atoms with Crippen LogP contribution in [0.25, 0.3) is 0 Å². The number of carbonyl (C=O) groups is 1. The molecule has 0 radical (unpaired) electrons. The van der Waals surface area contributed by atoms with Crippen LogP contribution in [0.1, 0.15) is 50.2 Å². The Labute approximate surface area is 193 Å². The molecule has 2 unspecified atom stereocenters. The zero-order valence-electron chi connectivity index (χ0n) is 18.3. The lowest BCUT2D eigenvalue weighted by Crippen LogP contribution is -2.47. The summed E-state index contributed by atoms with van der Waals surface area (Å²) in [4.78, 5) is 12.8. The topological polar surface area (TPSA) is 67.2 Å². The van der Waals surface area contributed by atoms with E-state index in [0.29, 0.717) is 53.9 Å². The Bertz CT molecular complexity index is 1050. The van der Waals surface area contributed by atoms with Crippen molar-refractivity contribution >= 4 is 23.0 Å². The second-order valence-electron chi connectivity index (χ2n) is 8.91. The minimum absolute atomic E-state index is 0.00171. The second-order valence-corrected chi connectivity index (χ2v) is 9.32. The van der Waals surface area contributed by atoms with Crippen molar-refractivity contribution < 1.29 is 13.6 Å². The minimum atomic E-state index is -0.616. The van der Waals surface area contributed by atoms with Crippen LogP contribution in [0.2, 0.25) is 0 Å². The molecule has 1 aromatic carbocycles. The van der Waals surface area contributed by atoms with E-state index in [0.717, 1.165) is 31.0 Å². The molecule has 0 aromatic heterocycles. The monoisotopic (exact) mass is 457 g/mol. The summed E-state index contributed by atoms with van der Waals surface area (Å²) in [6.07, 6.45) is 10.9. The van der Waals surface area contributed by atoms with Gasteiger partial charge < -0.3 is 16.4 Å². The van der Waals surface area contributed by atoms with Gasteiger partial charge in [-0.05, 0) is 61.3 Å². The van der Waals surface area contributed by atoms with Gasteiger partial charge in [0.2, 0.25) is 5.91 Å². The first kappa shape index (κ1) is 22.6. The summed E-state index contributed by atoms with van der Waals surface area (Å²) in [5.41, 5.74) is 8.93. The predicted octanol–water partition coefficient (Wildman–Crippen LogP) is 4.35. The molecule has 170 valence electrons. The van der Waals surface area contributed by atoms with Gasteiger partial charge in [-0.3, -0.25) is 4.79 Å². The maximum atomic E-state index is 14.4. The molecule has 0 bridgehead atoms. The number of halogens is 2. The fourth-order valence-electron chi connectivity index (χ4n) is 5.48. The van der Waals surface area contributed by atoms with Crippen LogP contribution >= 0.6 is 12.2 Å². The lowest BCUT2D eigenvalue weighted by Gasteiger charge is -2.47. The van der Waals surface area contributed by atoms with Crippen molar-refractivity contribution in [1.82, 2.24) is 10.6 Å². The summed E-state index contributed by atoms with van der Waals surface area (Å²) in [6.45, 7) is 2.77. The van der Waals surface area contributed by atoms with E-state index < -0.39 is 23.0 Å². The number of primary amides is 1. The molecule has 0 fully saturated rings. The van der Waals surface area contributed by atoms with E-state index in [4.69, 9.17) is 18.0 Å². The van der Waals surface area contributed by atoms with Gasteiger partial charge in [0.25, 0.3) is 0 Å². The molecule has 1 aromatic rings. The normalized spacial score (nSPS) is 24.7. The number of benzene rings is 1. The molecule has 1 amide bonds. The quantitative estimate of drug-likeness (QED) is 0.533. The first-order valence-electron chi connectivity index (χ1n) is 11.3. The van der Waals surface area contributed by atoms with Gasteiger partial charge in [-0.25, -0.2) is 8.78 Å². The first-order valence-corrected chi connectivity index (χ1v) is 11.7. The maximum absolute atomic E-state index is 14.4. The molecule has 2 aliphatic carbocycles. The molecule has 7 heteroatoms. The molecule has 2 atom stereocenters. The zero-order chi connectivity index (χ0) is 22.9. The minimum Gasteiger partial charge on any atom is -0.372 e. The van der Waals surface area contributed by atoms with Crippen LogP contribution in [-0.2, 0) is 17.6 Å². The van der Waals surface area contributed by atoms with Gasteiger partial charge in [-0.2, -0.15) is 0 Å². The number of nitrogens with two attached hydrogens (primary N) is 1. The molecule has 4 nitrogen and oxygen atoms in total. The van der Waals surface area contributed by atoms with E-state index in [1.54, 1.807) is 6.08 Å². The van der Waals surface area contributed by atoms with Crippen LogP contribution in [-0.4, -0.2) is 17.4 Å². The van der Waals surface area contributed by atoms with Gasteiger partial charge >= 0.3 is 0 Å². The average Bonchev–Trinajstić information content (AvgIpc) is 3.26. The molecule has 32 heavy (non-hydrogen) atoms. The van der Waals surface area contributed by atoms with Crippen LogP contribution < -0.4 is 16.4 Å². The SMILES string of the molecule is CCCCC1=CC=C(C(N)=O)C(=S)C1(CC1=CNCN1)C1CCc2c(F)cc(F)cc2C1. The van der Waals surface area contributed by atoms with Gasteiger partial charge in [0.15, 0.2) is 0 Å². The van der Waals surface area contributed by atoms with Gasteiger partial charge in [0, 0.05) is 34.7 Å². The summed E-state index contributed by atoms with van der Waals surface area (Å²) < 4.78 is 28.5. The smallest absolute Gasteiger partial charge is 0.249 e. The number of hydrogen-bond donors (Lipinski definition) is 3. The third-order valence-electron chi connectivity index (χ3n) is 7.06. The molecular formula is C25H29F2N3OS. The summed E-state index contributed by atoms with van der Waals surface area (Å²) in [6, 6.07) is 2.40. The molecular weight excluding hydrogens is 428 g/mol. The number of carbonyl (C=O) groups excluding carboxylic acids is 1. The number of amides is 1. The van der Waals surface area contributed by atoms with Crippen molar-refractivity contribution in [3.63, 3.8) is 0 Å². The highest BCUT2D eigenvalue weighted by Gasteiger charge is 2.49. The summed E-state index contributed by atoms with van der Waals surface area (Å²) in [5, 5.41) is 6.53. The molecule has 0 saturated heterocycles. The second kappa shape index (κ2) is 9.14. The number of hydrogen-bond acceptors (Lipinski definition) is 4. The van der Waals surface area contributed by atoms with Crippen molar-refractivity contribution in [2.24, 2.45) is 17.1 Å². The van der Waals surface area contributed by atoms with E-state index >= 15 is 0 Å². The maximum Gasteiger partial charge on any atom is 0.249 e. The molecule has 0 spiro atoms. The average molecular weight is 458 g/mol. The van der Waals surface area contributed by atoms with E-state index in [1.165, 1.54) is 11.6 Å². The Hall–Kier alpha value is -2.54. The van der Waals surface area contributed by atoms with E-state index in [1.807, 2.05) is 12.3 Å².